The van der Waals surface area contributed by atoms with E-state index in [4.69, 9.17) is 24.7 Å². The Morgan fingerprint density at radius 1 is 0.700 bits per heavy atom. The number of fused-ring (bicyclic) bond motifs is 1. The van der Waals surface area contributed by atoms with Crippen molar-refractivity contribution >= 4 is 11.3 Å². The van der Waals surface area contributed by atoms with E-state index in [-0.39, 0.29) is 6.10 Å². The van der Waals surface area contributed by atoms with Gasteiger partial charge in [0.2, 0.25) is 0 Å². The molecule has 0 aliphatic carbocycles. The summed E-state index contributed by atoms with van der Waals surface area (Å²) < 4.78 is 27.8. The van der Waals surface area contributed by atoms with Crippen LogP contribution in [0.1, 0.15) is 28.5 Å². The summed E-state index contributed by atoms with van der Waals surface area (Å²) in [6, 6.07) is 34.2. The first-order chi connectivity index (χ1) is 19.8. The fourth-order valence-corrected chi connectivity index (χ4v) is 5.07. The van der Waals surface area contributed by atoms with Gasteiger partial charge in [-0.1, -0.05) is 91.0 Å². The van der Waals surface area contributed by atoms with Crippen LogP contribution in [0, 0.1) is 0 Å². The lowest BCUT2D eigenvalue weighted by Gasteiger charge is -2.25. The molecule has 1 fully saturated rings. The fourth-order valence-electron chi connectivity index (χ4n) is 5.07. The SMILES string of the molecule is Nc1ncnn2c([C@@H]3O[C@H](COCc4ccccc4)[C@H](OCc4ccccc4)[C@H]3OCc3ccccc3)ccc12. The monoisotopic (exact) mass is 536 g/mol. The molecule has 0 radical (unpaired) electrons. The molecule has 0 amide bonds. The highest BCUT2D eigenvalue weighted by molar-refractivity contribution is 5.65. The van der Waals surface area contributed by atoms with Gasteiger partial charge < -0.3 is 24.7 Å². The Kier molecular flexibility index (Phi) is 8.11. The van der Waals surface area contributed by atoms with Crippen molar-refractivity contribution in [1.82, 2.24) is 14.6 Å². The minimum atomic E-state index is -0.466. The Balaban J connectivity index is 1.29. The van der Waals surface area contributed by atoms with Crippen molar-refractivity contribution in [3.63, 3.8) is 0 Å². The molecule has 204 valence electrons. The minimum Gasteiger partial charge on any atom is -0.382 e. The molecular weight excluding hydrogens is 504 g/mol. The van der Waals surface area contributed by atoms with E-state index in [1.165, 1.54) is 6.33 Å². The molecule has 1 aliphatic rings. The molecule has 0 saturated carbocycles. The number of ether oxygens (including phenoxy) is 4. The van der Waals surface area contributed by atoms with Gasteiger partial charge in [0.05, 0.1) is 32.1 Å². The van der Waals surface area contributed by atoms with Gasteiger partial charge in [0.25, 0.3) is 0 Å². The van der Waals surface area contributed by atoms with Gasteiger partial charge in [-0.05, 0) is 28.8 Å². The molecule has 2 N–H and O–H groups in total. The Labute approximate surface area is 233 Å². The van der Waals surface area contributed by atoms with Crippen molar-refractivity contribution < 1.29 is 18.9 Å². The van der Waals surface area contributed by atoms with Crippen LogP contribution in [0.2, 0.25) is 0 Å². The molecule has 8 heteroatoms. The summed E-state index contributed by atoms with van der Waals surface area (Å²) in [5, 5.41) is 4.46. The second-order valence-corrected chi connectivity index (χ2v) is 9.82. The maximum atomic E-state index is 6.70. The summed E-state index contributed by atoms with van der Waals surface area (Å²) >= 11 is 0. The van der Waals surface area contributed by atoms with Crippen LogP contribution >= 0.6 is 0 Å². The molecule has 3 heterocycles. The molecule has 0 unspecified atom stereocenters. The third-order valence-electron chi connectivity index (χ3n) is 7.08. The standard InChI is InChI=1S/C32H32N4O4/c33-32-27-17-16-26(36(27)35-22-34-32)29-31(39-20-25-14-8-3-9-15-25)30(38-19-24-12-6-2-7-13-24)28(40-29)21-37-18-23-10-4-1-5-11-23/h1-17,22,28-31H,18-21H2,(H2,33,34,35)/t28-,29+,30+,31+/m1/s1. The highest BCUT2D eigenvalue weighted by atomic mass is 16.6. The molecular formula is C32H32N4O4. The van der Waals surface area contributed by atoms with E-state index in [9.17, 15) is 0 Å². The van der Waals surface area contributed by atoms with Gasteiger partial charge in [-0.25, -0.2) is 9.50 Å². The van der Waals surface area contributed by atoms with E-state index in [0.29, 0.717) is 37.8 Å². The second kappa shape index (κ2) is 12.4. The van der Waals surface area contributed by atoms with Gasteiger partial charge in [-0.15, -0.1) is 0 Å². The lowest BCUT2D eigenvalue weighted by molar-refractivity contribution is -0.0898. The van der Waals surface area contributed by atoms with Gasteiger partial charge >= 0.3 is 0 Å². The van der Waals surface area contributed by atoms with Crippen LogP contribution in [0.15, 0.2) is 109 Å². The summed E-state index contributed by atoms with van der Waals surface area (Å²) in [7, 11) is 0. The van der Waals surface area contributed by atoms with E-state index >= 15 is 0 Å². The summed E-state index contributed by atoms with van der Waals surface area (Å²) in [5.74, 6) is 0.403. The predicted molar refractivity (Wildman–Crippen MR) is 151 cm³/mol. The van der Waals surface area contributed by atoms with Crippen molar-refractivity contribution in [3.05, 3.63) is 132 Å². The molecule has 4 atom stereocenters. The first-order valence-corrected chi connectivity index (χ1v) is 13.4. The third-order valence-corrected chi connectivity index (χ3v) is 7.08. The number of benzene rings is 3. The average molecular weight is 537 g/mol. The third kappa shape index (κ3) is 5.90. The Hall–Kier alpha value is -4.08. The molecule has 1 saturated heterocycles. The molecule has 0 spiro atoms. The Morgan fingerprint density at radius 3 is 1.90 bits per heavy atom. The highest BCUT2D eigenvalue weighted by Crippen LogP contribution is 2.39. The average Bonchev–Trinajstić information content (AvgIpc) is 3.58. The van der Waals surface area contributed by atoms with Gasteiger partial charge in [-0.3, -0.25) is 0 Å². The predicted octanol–water partition coefficient (Wildman–Crippen LogP) is 5.14. The summed E-state index contributed by atoms with van der Waals surface area (Å²) in [6.45, 7) is 1.65. The first kappa shape index (κ1) is 26.2. The number of anilines is 1. The van der Waals surface area contributed by atoms with Crippen LogP contribution in [0.4, 0.5) is 5.82 Å². The smallest absolute Gasteiger partial charge is 0.151 e. The van der Waals surface area contributed by atoms with Crippen LogP contribution in [-0.4, -0.2) is 39.5 Å². The van der Waals surface area contributed by atoms with Gasteiger partial charge in [-0.2, -0.15) is 5.10 Å². The van der Waals surface area contributed by atoms with Crippen molar-refractivity contribution in [1.29, 1.82) is 0 Å². The minimum absolute atomic E-state index is 0.344. The van der Waals surface area contributed by atoms with Crippen LogP contribution in [0.25, 0.3) is 5.52 Å². The number of hydrogen-bond acceptors (Lipinski definition) is 7. The normalized spacial score (nSPS) is 20.7. The zero-order valence-corrected chi connectivity index (χ0v) is 22.1. The quantitative estimate of drug-likeness (QED) is 0.250. The maximum absolute atomic E-state index is 6.70. The number of rotatable bonds is 11. The molecule has 2 aromatic heterocycles. The molecule has 5 aromatic rings. The molecule has 6 rings (SSSR count). The van der Waals surface area contributed by atoms with Crippen molar-refractivity contribution in [3.8, 4) is 0 Å². The zero-order chi connectivity index (χ0) is 27.1. The van der Waals surface area contributed by atoms with Crippen LogP contribution in [0.5, 0.6) is 0 Å². The number of nitrogens with two attached hydrogens (primary N) is 1. The van der Waals surface area contributed by atoms with Gasteiger partial charge in [0.15, 0.2) is 5.82 Å². The fraction of sp³-hybridized carbons (Fsp3) is 0.250. The number of nitrogens with zero attached hydrogens (tertiary/aromatic N) is 3. The zero-order valence-electron chi connectivity index (χ0n) is 22.1. The lowest BCUT2D eigenvalue weighted by Crippen LogP contribution is -2.38. The van der Waals surface area contributed by atoms with E-state index < -0.39 is 18.3 Å². The van der Waals surface area contributed by atoms with Crippen LogP contribution in [-0.2, 0) is 38.8 Å². The number of aromatic nitrogens is 3. The van der Waals surface area contributed by atoms with Gasteiger partial charge in [0.1, 0.15) is 36.3 Å². The molecule has 40 heavy (non-hydrogen) atoms. The second-order valence-electron chi connectivity index (χ2n) is 9.82. The van der Waals surface area contributed by atoms with Crippen molar-refractivity contribution in [2.45, 2.75) is 44.2 Å². The number of nitrogen functional groups attached to an aromatic ring is 1. The summed E-state index contributed by atoms with van der Waals surface area (Å²) in [6.07, 6.45) is -0.211. The van der Waals surface area contributed by atoms with Crippen molar-refractivity contribution in [2.75, 3.05) is 12.3 Å². The van der Waals surface area contributed by atoms with E-state index in [2.05, 4.69) is 10.1 Å². The largest absolute Gasteiger partial charge is 0.382 e. The summed E-state index contributed by atoms with van der Waals surface area (Å²) in [4.78, 5) is 4.13. The summed E-state index contributed by atoms with van der Waals surface area (Å²) in [5.41, 5.74) is 10.9. The van der Waals surface area contributed by atoms with Gasteiger partial charge in [0, 0.05) is 0 Å². The first-order valence-electron chi connectivity index (χ1n) is 13.4. The van der Waals surface area contributed by atoms with Crippen LogP contribution in [0.3, 0.4) is 0 Å². The Morgan fingerprint density at radius 2 is 1.27 bits per heavy atom. The van der Waals surface area contributed by atoms with E-state index in [1.54, 1.807) is 4.52 Å². The molecule has 0 bridgehead atoms. The van der Waals surface area contributed by atoms with E-state index in [1.807, 2.05) is 103 Å². The number of hydrogen-bond donors (Lipinski definition) is 1. The topological polar surface area (TPSA) is 93.1 Å². The molecule has 1 aliphatic heterocycles. The lowest BCUT2D eigenvalue weighted by atomic mass is 10.0. The Bertz CT molecular complexity index is 1500. The van der Waals surface area contributed by atoms with E-state index in [0.717, 1.165) is 22.4 Å². The molecule has 8 nitrogen and oxygen atoms in total. The molecule has 3 aromatic carbocycles. The van der Waals surface area contributed by atoms with Crippen LogP contribution < -0.4 is 5.73 Å². The maximum Gasteiger partial charge on any atom is 0.151 e. The van der Waals surface area contributed by atoms with Crippen molar-refractivity contribution in [2.24, 2.45) is 0 Å². The highest BCUT2D eigenvalue weighted by Gasteiger charge is 2.48.